The Morgan fingerprint density at radius 2 is 1.95 bits per heavy atom. The summed E-state index contributed by atoms with van der Waals surface area (Å²) in [7, 11) is 0. The number of hydrogen-bond donors (Lipinski definition) is 1. The quantitative estimate of drug-likeness (QED) is 0.723. The van der Waals surface area contributed by atoms with Crippen molar-refractivity contribution in [1.29, 1.82) is 0 Å². The van der Waals surface area contributed by atoms with E-state index < -0.39 is 0 Å². The van der Waals surface area contributed by atoms with Crippen molar-refractivity contribution in [2.45, 2.75) is 26.2 Å². The van der Waals surface area contributed by atoms with Crippen LogP contribution in [0.2, 0.25) is 0 Å². The minimum absolute atomic E-state index is 0.118. The minimum Gasteiger partial charge on any atom is -0.353 e. The lowest BCUT2D eigenvalue weighted by Gasteiger charge is -2.16. The van der Waals surface area contributed by atoms with E-state index in [-0.39, 0.29) is 11.2 Å². The Bertz CT molecular complexity index is 769. The highest BCUT2D eigenvalue weighted by Gasteiger charge is 2.18. The first-order valence-electron chi connectivity index (χ1n) is 6.56. The van der Waals surface area contributed by atoms with E-state index in [0.29, 0.717) is 5.39 Å². The molecule has 1 aromatic carbocycles. The molecule has 3 nitrogen and oxygen atoms in total. The maximum Gasteiger partial charge on any atom is 0.134 e. The van der Waals surface area contributed by atoms with Gasteiger partial charge < -0.3 is 4.98 Å². The number of nitrogens with zero attached hydrogens (tertiary/aromatic N) is 2. The maximum atomic E-state index is 13.7. The van der Waals surface area contributed by atoms with Crippen molar-refractivity contribution in [1.82, 2.24) is 15.0 Å². The Labute approximate surface area is 116 Å². The largest absolute Gasteiger partial charge is 0.353 e. The first-order valence-corrected chi connectivity index (χ1v) is 6.56. The second kappa shape index (κ2) is 4.40. The molecule has 0 unspecified atom stereocenters. The predicted octanol–water partition coefficient (Wildman–Crippen LogP) is 4.06. The van der Waals surface area contributed by atoms with E-state index in [1.165, 1.54) is 6.07 Å². The molecular weight excluding hydrogens is 253 g/mol. The van der Waals surface area contributed by atoms with E-state index in [2.05, 4.69) is 35.7 Å². The molecule has 0 aliphatic rings. The molecule has 102 valence electrons. The molecule has 0 aliphatic carbocycles. The maximum absolute atomic E-state index is 13.7. The van der Waals surface area contributed by atoms with Crippen molar-refractivity contribution in [3.05, 3.63) is 48.2 Å². The van der Waals surface area contributed by atoms with Crippen LogP contribution in [0.3, 0.4) is 0 Å². The van der Waals surface area contributed by atoms with Gasteiger partial charge in [0.2, 0.25) is 0 Å². The van der Waals surface area contributed by atoms with Gasteiger partial charge in [-0.15, -0.1) is 0 Å². The molecule has 0 saturated heterocycles. The number of fused-ring (bicyclic) bond motifs is 1. The lowest BCUT2D eigenvalue weighted by molar-refractivity contribution is 0.546. The average Bonchev–Trinajstić information content (AvgIpc) is 2.83. The van der Waals surface area contributed by atoms with Gasteiger partial charge in [-0.25, -0.2) is 14.4 Å². The molecule has 0 saturated carbocycles. The highest BCUT2D eigenvalue weighted by molar-refractivity contribution is 5.85. The molecule has 0 bridgehead atoms. The molecule has 20 heavy (non-hydrogen) atoms. The van der Waals surface area contributed by atoms with Crippen LogP contribution in [-0.4, -0.2) is 15.0 Å². The third kappa shape index (κ3) is 2.18. The zero-order chi connectivity index (χ0) is 14.3. The molecule has 1 N–H and O–H groups in total. The summed E-state index contributed by atoms with van der Waals surface area (Å²) in [5, 5.41) is 0.582. The number of nitrogens with one attached hydrogen (secondary N) is 1. The Morgan fingerprint density at radius 1 is 1.15 bits per heavy atom. The summed E-state index contributed by atoms with van der Waals surface area (Å²) >= 11 is 0. The van der Waals surface area contributed by atoms with Gasteiger partial charge in [0.1, 0.15) is 11.6 Å². The molecule has 0 spiro atoms. The van der Waals surface area contributed by atoms with Crippen LogP contribution in [0.4, 0.5) is 4.39 Å². The van der Waals surface area contributed by atoms with E-state index in [4.69, 9.17) is 0 Å². The van der Waals surface area contributed by atoms with Gasteiger partial charge in [0.05, 0.1) is 11.4 Å². The number of hydrogen-bond acceptors (Lipinski definition) is 2. The molecular formula is C16H16FN3. The van der Waals surface area contributed by atoms with Crippen LogP contribution in [-0.2, 0) is 5.41 Å². The molecule has 3 rings (SSSR count). The molecule has 2 aromatic heterocycles. The molecule has 0 amide bonds. The Kier molecular flexibility index (Phi) is 2.82. The molecule has 2 heterocycles. The van der Waals surface area contributed by atoms with Crippen LogP contribution in [0.25, 0.3) is 22.3 Å². The number of aromatic amines is 1. The normalized spacial score (nSPS) is 12.0. The van der Waals surface area contributed by atoms with E-state index in [1.54, 1.807) is 18.3 Å². The minimum atomic E-state index is -0.227. The first-order chi connectivity index (χ1) is 9.45. The molecule has 0 aliphatic heterocycles. The summed E-state index contributed by atoms with van der Waals surface area (Å²) in [5.41, 5.74) is 2.24. The smallest absolute Gasteiger partial charge is 0.134 e. The third-order valence-electron chi connectivity index (χ3n) is 3.21. The number of halogens is 1. The Balaban J connectivity index is 2.14. The van der Waals surface area contributed by atoms with Crippen LogP contribution >= 0.6 is 0 Å². The van der Waals surface area contributed by atoms with Crippen LogP contribution < -0.4 is 0 Å². The van der Waals surface area contributed by atoms with Crippen molar-refractivity contribution >= 4 is 10.9 Å². The number of aromatic nitrogens is 3. The van der Waals surface area contributed by atoms with Crippen molar-refractivity contribution in [3.63, 3.8) is 0 Å². The summed E-state index contributed by atoms with van der Waals surface area (Å²) in [5.74, 6) is 0.546. The summed E-state index contributed by atoms with van der Waals surface area (Å²) < 4.78 is 13.7. The summed E-state index contributed by atoms with van der Waals surface area (Å²) in [6.07, 6.45) is 1.74. The fraction of sp³-hybridized carbons (Fsp3) is 0.250. The van der Waals surface area contributed by atoms with Gasteiger partial charge in [-0.2, -0.15) is 0 Å². The molecule has 0 atom stereocenters. The summed E-state index contributed by atoms with van der Waals surface area (Å²) in [6.45, 7) is 6.20. The van der Waals surface area contributed by atoms with E-state index in [9.17, 15) is 4.39 Å². The van der Waals surface area contributed by atoms with Crippen molar-refractivity contribution < 1.29 is 4.39 Å². The first kappa shape index (κ1) is 12.8. The number of H-pyrrole nitrogens is 1. The van der Waals surface area contributed by atoms with Gasteiger partial charge in [-0.1, -0.05) is 26.8 Å². The SMILES string of the molecule is CC(C)(C)c1nccc(-c2cc3c(F)cccc3[nH]2)n1. The zero-order valence-electron chi connectivity index (χ0n) is 11.7. The van der Waals surface area contributed by atoms with E-state index >= 15 is 0 Å². The zero-order valence-corrected chi connectivity index (χ0v) is 11.7. The monoisotopic (exact) mass is 269 g/mol. The van der Waals surface area contributed by atoms with Gasteiger partial charge >= 0.3 is 0 Å². The lowest BCUT2D eigenvalue weighted by Crippen LogP contribution is -2.15. The van der Waals surface area contributed by atoms with E-state index in [0.717, 1.165) is 22.7 Å². The van der Waals surface area contributed by atoms with Crippen LogP contribution in [0.1, 0.15) is 26.6 Å². The predicted molar refractivity (Wildman–Crippen MR) is 78.0 cm³/mol. The highest BCUT2D eigenvalue weighted by Crippen LogP contribution is 2.26. The third-order valence-corrected chi connectivity index (χ3v) is 3.21. The van der Waals surface area contributed by atoms with Crippen molar-refractivity contribution in [3.8, 4) is 11.4 Å². The van der Waals surface area contributed by atoms with Crippen LogP contribution in [0.5, 0.6) is 0 Å². The average molecular weight is 269 g/mol. The fourth-order valence-corrected chi connectivity index (χ4v) is 2.13. The molecule has 0 fully saturated rings. The Hall–Kier alpha value is -2.23. The topological polar surface area (TPSA) is 41.6 Å². The van der Waals surface area contributed by atoms with Gasteiger partial charge in [-0.3, -0.25) is 0 Å². The van der Waals surface area contributed by atoms with Crippen LogP contribution in [0.15, 0.2) is 36.5 Å². The van der Waals surface area contributed by atoms with Gasteiger partial charge in [0, 0.05) is 22.5 Å². The highest BCUT2D eigenvalue weighted by atomic mass is 19.1. The Morgan fingerprint density at radius 3 is 2.65 bits per heavy atom. The standard InChI is InChI=1S/C16H16FN3/c1-16(2,3)15-18-8-7-13(20-15)14-9-10-11(17)5-4-6-12(10)19-14/h4-9,19H,1-3H3. The van der Waals surface area contributed by atoms with E-state index in [1.807, 2.05) is 12.1 Å². The second-order valence-electron chi connectivity index (χ2n) is 5.90. The van der Waals surface area contributed by atoms with Crippen molar-refractivity contribution in [2.24, 2.45) is 0 Å². The van der Waals surface area contributed by atoms with Crippen LogP contribution in [0, 0.1) is 5.82 Å². The van der Waals surface area contributed by atoms with Gasteiger partial charge in [0.15, 0.2) is 0 Å². The number of benzene rings is 1. The molecule has 4 heteroatoms. The van der Waals surface area contributed by atoms with Gasteiger partial charge in [-0.05, 0) is 24.3 Å². The second-order valence-corrected chi connectivity index (χ2v) is 5.90. The molecule has 0 radical (unpaired) electrons. The van der Waals surface area contributed by atoms with Gasteiger partial charge in [0.25, 0.3) is 0 Å². The lowest BCUT2D eigenvalue weighted by atomic mass is 9.95. The molecule has 3 aromatic rings. The summed E-state index contributed by atoms with van der Waals surface area (Å²) in [6, 6.07) is 8.63. The van der Waals surface area contributed by atoms with Crippen molar-refractivity contribution in [2.75, 3.05) is 0 Å². The number of rotatable bonds is 1. The fourth-order valence-electron chi connectivity index (χ4n) is 2.13. The summed E-state index contributed by atoms with van der Waals surface area (Å²) in [4.78, 5) is 12.1.